The van der Waals surface area contributed by atoms with Gasteiger partial charge in [0.05, 0.1) is 0 Å². The maximum Gasteiger partial charge on any atom is 0.410 e. The van der Waals surface area contributed by atoms with E-state index in [-0.39, 0.29) is 23.9 Å². The molecule has 0 bridgehead atoms. The highest BCUT2D eigenvalue weighted by atomic mass is 19.1. The van der Waals surface area contributed by atoms with Crippen LogP contribution in [-0.2, 0) is 4.74 Å². The normalized spacial score (nSPS) is 14.7. The summed E-state index contributed by atoms with van der Waals surface area (Å²) in [6.45, 7) is 8.32. The number of ether oxygens (including phenoxy) is 1. The molecule has 0 spiro atoms. The van der Waals surface area contributed by atoms with Gasteiger partial charge in [0.2, 0.25) is 0 Å². The molecular weight excluding hydrogens is 447 g/mol. The summed E-state index contributed by atoms with van der Waals surface area (Å²) in [5, 5.41) is 4.44. The van der Waals surface area contributed by atoms with Gasteiger partial charge in [0.1, 0.15) is 17.2 Å². The number of aromatic nitrogens is 1. The van der Waals surface area contributed by atoms with Gasteiger partial charge in [0.15, 0.2) is 0 Å². The fourth-order valence-electron chi connectivity index (χ4n) is 4.40. The Bertz CT molecular complexity index is 1260. The summed E-state index contributed by atoms with van der Waals surface area (Å²) in [5.41, 5.74) is 7.59. The first-order valence-corrected chi connectivity index (χ1v) is 11.8. The van der Waals surface area contributed by atoms with Crippen molar-refractivity contribution in [1.82, 2.24) is 15.2 Å². The van der Waals surface area contributed by atoms with E-state index in [9.17, 15) is 14.0 Å². The van der Waals surface area contributed by atoms with Gasteiger partial charge >= 0.3 is 6.09 Å². The number of aryl methyl sites for hydroxylation is 1. The Labute approximate surface area is 204 Å². The number of hydrogen-bond donors (Lipinski definition) is 2. The van der Waals surface area contributed by atoms with Crippen LogP contribution in [0, 0.1) is 12.7 Å². The molecule has 2 heterocycles. The average molecular weight is 479 g/mol. The van der Waals surface area contributed by atoms with Gasteiger partial charge in [-0.1, -0.05) is 12.1 Å². The Morgan fingerprint density at radius 1 is 1.17 bits per heavy atom. The lowest BCUT2D eigenvalue weighted by Gasteiger charge is -2.33. The number of pyridine rings is 1. The molecule has 0 aliphatic carbocycles. The van der Waals surface area contributed by atoms with Crippen LogP contribution in [0.3, 0.4) is 0 Å². The summed E-state index contributed by atoms with van der Waals surface area (Å²) in [6.07, 6.45) is 2.47. The summed E-state index contributed by atoms with van der Waals surface area (Å²) in [7, 11) is 0. The van der Waals surface area contributed by atoms with Crippen molar-refractivity contribution in [3.05, 3.63) is 59.5 Å². The fourth-order valence-corrected chi connectivity index (χ4v) is 4.40. The first-order valence-electron chi connectivity index (χ1n) is 11.8. The van der Waals surface area contributed by atoms with Crippen molar-refractivity contribution in [1.29, 1.82) is 0 Å². The molecule has 0 atom stereocenters. The van der Waals surface area contributed by atoms with Crippen LogP contribution in [0.25, 0.3) is 21.9 Å². The lowest BCUT2D eigenvalue weighted by Crippen LogP contribution is -2.47. The number of likely N-dealkylation sites (tertiary alicyclic amines) is 1. The standard InChI is InChI=1S/C27H31FN4O3/c1-16-6-5-7-22(28)24(16)17-12-18-15-30-23(29)14-20(18)21(13-17)25(33)31-19-8-10-32(11-9-19)26(34)35-27(2,3)4/h5-7,12-15,19H,8-11H2,1-4H3,(H2,29,30)(H,31,33). The maximum atomic E-state index is 14.7. The third-order valence-corrected chi connectivity index (χ3v) is 6.09. The van der Waals surface area contributed by atoms with Crippen LogP contribution in [0.15, 0.2) is 42.6 Å². The van der Waals surface area contributed by atoms with Crippen LogP contribution in [0.2, 0.25) is 0 Å². The molecule has 35 heavy (non-hydrogen) atoms. The minimum Gasteiger partial charge on any atom is -0.444 e. The smallest absolute Gasteiger partial charge is 0.410 e. The van der Waals surface area contributed by atoms with E-state index >= 15 is 0 Å². The number of hydrogen-bond acceptors (Lipinski definition) is 5. The molecule has 0 radical (unpaired) electrons. The minimum absolute atomic E-state index is 0.103. The van der Waals surface area contributed by atoms with Crippen LogP contribution in [-0.4, -0.2) is 46.6 Å². The first kappa shape index (κ1) is 24.4. The predicted octanol–water partition coefficient (Wildman–Crippen LogP) is 5.06. The Morgan fingerprint density at radius 2 is 1.89 bits per heavy atom. The number of fused-ring (bicyclic) bond motifs is 1. The zero-order chi connectivity index (χ0) is 25.3. The lowest BCUT2D eigenvalue weighted by atomic mass is 9.94. The third kappa shape index (κ3) is 5.53. The topological polar surface area (TPSA) is 97.5 Å². The number of carbonyl (C=O) groups is 2. The van der Waals surface area contributed by atoms with E-state index in [0.717, 1.165) is 5.56 Å². The highest BCUT2D eigenvalue weighted by molar-refractivity contribution is 6.09. The van der Waals surface area contributed by atoms with E-state index in [1.807, 2.05) is 39.8 Å². The van der Waals surface area contributed by atoms with E-state index in [1.165, 1.54) is 6.07 Å². The van der Waals surface area contributed by atoms with E-state index in [1.54, 1.807) is 29.3 Å². The number of piperidine rings is 1. The Kier molecular flexibility index (Phi) is 6.65. The third-order valence-electron chi connectivity index (χ3n) is 6.09. The molecule has 7 nitrogen and oxygen atoms in total. The van der Waals surface area contributed by atoms with Crippen LogP contribution in [0.5, 0.6) is 0 Å². The molecule has 1 aromatic heterocycles. The highest BCUT2D eigenvalue weighted by Gasteiger charge is 2.28. The molecule has 0 saturated carbocycles. The van der Waals surface area contributed by atoms with Gasteiger partial charge in [-0.2, -0.15) is 0 Å². The summed E-state index contributed by atoms with van der Waals surface area (Å²) >= 11 is 0. The number of nitrogen functional groups attached to an aromatic ring is 1. The summed E-state index contributed by atoms with van der Waals surface area (Å²) in [5.74, 6) is -0.326. The van der Waals surface area contributed by atoms with Crippen molar-refractivity contribution >= 4 is 28.6 Å². The minimum atomic E-state index is -0.554. The van der Waals surface area contributed by atoms with Crippen LogP contribution in [0.4, 0.5) is 15.0 Å². The SMILES string of the molecule is Cc1cccc(F)c1-c1cc(C(=O)NC2CCN(C(=O)OC(C)(C)C)CC2)c2cc(N)ncc2c1. The van der Waals surface area contributed by atoms with Gasteiger partial charge in [-0.25, -0.2) is 14.2 Å². The van der Waals surface area contributed by atoms with Crippen molar-refractivity contribution in [2.24, 2.45) is 0 Å². The van der Waals surface area contributed by atoms with Crippen molar-refractivity contribution in [3.63, 3.8) is 0 Å². The van der Waals surface area contributed by atoms with Gasteiger partial charge in [-0.3, -0.25) is 4.79 Å². The number of benzene rings is 2. The molecule has 0 unspecified atom stereocenters. The number of nitrogens with zero attached hydrogens (tertiary/aromatic N) is 2. The predicted molar refractivity (Wildman–Crippen MR) is 135 cm³/mol. The summed E-state index contributed by atoms with van der Waals surface area (Å²) in [4.78, 5) is 31.6. The number of rotatable bonds is 3. The number of nitrogens with two attached hydrogens (primary N) is 1. The molecule has 1 aliphatic heterocycles. The molecule has 2 amide bonds. The van der Waals surface area contributed by atoms with Gasteiger partial charge in [0, 0.05) is 41.8 Å². The second-order valence-electron chi connectivity index (χ2n) is 10.0. The van der Waals surface area contributed by atoms with E-state index in [4.69, 9.17) is 10.5 Å². The summed E-state index contributed by atoms with van der Waals surface area (Å²) < 4.78 is 20.2. The number of nitrogens with one attached hydrogen (secondary N) is 1. The van der Waals surface area contributed by atoms with E-state index < -0.39 is 5.60 Å². The molecule has 8 heteroatoms. The van der Waals surface area contributed by atoms with Gasteiger partial charge in [-0.15, -0.1) is 0 Å². The summed E-state index contributed by atoms with van der Waals surface area (Å²) in [6, 6.07) is 9.99. The maximum absolute atomic E-state index is 14.7. The molecule has 4 rings (SSSR count). The van der Waals surface area contributed by atoms with Crippen LogP contribution in [0.1, 0.15) is 49.5 Å². The Hall–Kier alpha value is -3.68. The van der Waals surface area contributed by atoms with E-state index in [2.05, 4.69) is 10.3 Å². The zero-order valence-corrected chi connectivity index (χ0v) is 20.5. The largest absolute Gasteiger partial charge is 0.444 e. The molecule has 1 saturated heterocycles. The van der Waals surface area contributed by atoms with Crippen LogP contribution < -0.4 is 11.1 Å². The van der Waals surface area contributed by atoms with E-state index in [0.29, 0.717) is 59.2 Å². The second kappa shape index (κ2) is 9.52. The van der Waals surface area contributed by atoms with Gasteiger partial charge in [-0.05, 0) is 81.3 Å². The number of carbonyl (C=O) groups excluding carboxylic acids is 2. The second-order valence-corrected chi connectivity index (χ2v) is 10.0. The lowest BCUT2D eigenvalue weighted by molar-refractivity contribution is 0.0199. The van der Waals surface area contributed by atoms with Crippen LogP contribution >= 0.6 is 0 Å². The van der Waals surface area contributed by atoms with Crippen molar-refractivity contribution < 1.29 is 18.7 Å². The Morgan fingerprint density at radius 3 is 2.54 bits per heavy atom. The molecular formula is C27H31FN4O3. The van der Waals surface area contributed by atoms with Crippen molar-refractivity contribution in [2.75, 3.05) is 18.8 Å². The van der Waals surface area contributed by atoms with Crippen molar-refractivity contribution in [2.45, 2.75) is 52.2 Å². The number of halogens is 1. The zero-order valence-electron chi connectivity index (χ0n) is 20.5. The molecule has 184 valence electrons. The quantitative estimate of drug-likeness (QED) is 0.548. The average Bonchev–Trinajstić information content (AvgIpc) is 2.78. The van der Waals surface area contributed by atoms with Crippen molar-refractivity contribution in [3.8, 4) is 11.1 Å². The molecule has 1 aliphatic rings. The molecule has 1 fully saturated rings. The monoisotopic (exact) mass is 478 g/mol. The fraction of sp³-hybridized carbons (Fsp3) is 0.370. The van der Waals surface area contributed by atoms with Gasteiger partial charge in [0.25, 0.3) is 5.91 Å². The number of anilines is 1. The molecule has 3 aromatic rings. The Balaban J connectivity index is 1.58. The molecule has 2 aromatic carbocycles. The first-order chi connectivity index (χ1) is 16.5. The highest BCUT2D eigenvalue weighted by Crippen LogP contribution is 2.32. The van der Waals surface area contributed by atoms with Gasteiger partial charge < -0.3 is 20.7 Å². The number of amides is 2. The molecule has 3 N–H and O–H groups in total.